The van der Waals surface area contributed by atoms with E-state index in [0.717, 1.165) is 11.1 Å². The van der Waals surface area contributed by atoms with E-state index in [9.17, 15) is 19.7 Å². The van der Waals surface area contributed by atoms with Gasteiger partial charge in [-0.2, -0.15) is 0 Å². The minimum Gasteiger partial charge on any atom is -0.454 e. The summed E-state index contributed by atoms with van der Waals surface area (Å²) in [4.78, 5) is 35.6. The van der Waals surface area contributed by atoms with Gasteiger partial charge in [-0.15, -0.1) is 0 Å². The molecule has 2 aromatic carbocycles. The van der Waals surface area contributed by atoms with Gasteiger partial charge in [-0.3, -0.25) is 25.1 Å². The highest BCUT2D eigenvalue weighted by Crippen LogP contribution is 2.39. The van der Waals surface area contributed by atoms with Crippen LogP contribution in [0.25, 0.3) is 6.08 Å². The monoisotopic (exact) mass is 387 g/mol. The van der Waals surface area contributed by atoms with Gasteiger partial charge in [0.25, 0.3) is 17.5 Å². The van der Waals surface area contributed by atoms with Crippen LogP contribution in [-0.4, -0.2) is 23.5 Å². The third-order valence-electron chi connectivity index (χ3n) is 3.99. The van der Waals surface area contributed by atoms with Crippen LogP contribution in [-0.2, 0) is 9.59 Å². The number of nitrogens with zero attached hydrogens (tertiary/aromatic N) is 2. The SMILES string of the molecule is O=C1NN(c2ccc(Cl)cc2)C(=O)C1=Cc1cc2c(cc1[N+](=O)[O-])OCO2. The second-order valence-corrected chi connectivity index (χ2v) is 6.07. The van der Waals surface area contributed by atoms with Crippen molar-refractivity contribution >= 4 is 40.9 Å². The average molecular weight is 388 g/mol. The fourth-order valence-electron chi connectivity index (χ4n) is 2.71. The molecule has 2 heterocycles. The highest BCUT2D eigenvalue weighted by Gasteiger charge is 2.35. The number of nitro groups is 1. The maximum Gasteiger partial charge on any atom is 0.282 e. The first-order valence-electron chi connectivity index (χ1n) is 7.65. The third-order valence-corrected chi connectivity index (χ3v) is 4.25. The van der Waals surface area contributed by atoms with Crippen LogP contribution >= 0.6 is 11.6 Å². The number of nitrogens with one attached hydrogen (secondary N) is 1. The summed E-state index contributed by atoms with van der Waals surface area (Å²) >= 11 is 5.82. The molecule has 0 saturated carbocycles. The zero-order valence-corrected chi connectivity index (χ0v) is 14.2. The molecule has 2 aromatic rings. The Kier molecular flexibility index (Phi) is 3.93. The number of hydrogen-bond acceptors (Lipinski definition) is 6. The van der Waals surface area contributed by atoms with Crippen molar-refractivity contribution in [2.45, 2.75) is 0 Å². The number of carbonyl (C=O) groups is 2. The molecule has 1 saturated heterocycles. The van der Waals surface area contributed by atoms with Crippen LogP contribution < -0.4 is 19.9 Å². The van der Waals surface area contributed by atoms with E-state index in [-0.39, 0.29) is 29.4 Å². The van der Waals surface area contributed by atoms with E-state index >= 15 is 0 Å². The second-order valence-electron chi connectivity index (χ2n) is 5.64. The zero-order chi connectivity index (χ0) is 19.1. The number of rotatable bonds is 3. The molecule has 0 bridgehead atoms. The summed E-state index contributed by atoms with van der Waals surface area (Å²) in [5, 5.41) is 12.9. The van der Waals surface area contributed by atoms with Crippen molar-refractivity contribution in [3.63, 3.8) is 0 Å². The summed E-state index contributed by atoms with van der Waals surface area (Å²) in [6.07, 6.45) is 1.16. The van der Waals surface area contributed by atoms with Gasteiger partial charge in [-0.25, -0.2) is 5.01 Å². The summed E-state index contributed by atoms with van der Waals surface area (Å²) in [6, 6.07) is 8.82. The predicted octanol–water partition coefficient (Wildman–Crippen LogP) is 2.44. The van der Waals surface area contributed by atoms with Crippen molar-refractivity contribution in [2.24, 2.45) is 0 Å². The Morgan fingerprint density at radius 3 is 2.48 bits per heavy atom. The maximum absolute atomic E-state index is 12.6. The van der Waals surface area contributed by atoms with Gasteiger partial charge in [-0.05, 0) is 36.4 Å². The van der Waals surface area contributed by atoms with Crippen molar-refractivity contribution in [3.8, 4) is 11.5 Å². The maximum atomic E-state index is 12.6. The van der Waals surface area contributed by atoms with Crippen molar-refractivity contribution in [1.82, 2.24) is 5.43 Å². The second kappa shape index (κ2) is 6.29. The Hall–Kier alpha value is -3.59. The van der Waals surface area contributed by atoms with Crippen LogP contribution in [0.3, 0.4) is 0 Å². The number of amides is 2. The van der Waals surface area contributed by atoms with E-state index in [2.05, 4.69) is 5.43 Å². The number of halogens is 1. The Bertz CT molecular complexity index is 1020. The Balaban J connectivity index is 1.74. The number of nitro benzene ring substituents is 1. The first kappa shape index (κ1) is 16.9. The van der Waals surface area contributed by atoms with Crippen LogP contribution in [0.5, 0.6) is 11.5 Å². The molecule has 0 radical (unpaired) electrons. The molecule has 0 atom stereocenters. The fraction of sp³-hybridized carbons (Fsp3) is 0.0588. The molecule has 0 unspecified atom stereocenters. The van der Waals surface area contributed by atoms with E-state index in [1.165, 1.54) is 12.1 Å². The van der Waals surface area contributed by atoms with E-state index < -0.39 is 16.7 Å². The number of anilines is 1. The van der Waals surface area contributed by atoms with Gasteiger partial charge in [0.2, 0.25) is 6.79 Å². The van der Waals surface area contributed by atoms with Crippen molar-refractivity contribution < 1.29 is 24.0 Å². The van der Waals surface area contributed by atoms with E-state index in [1.807, 2.05) is 0 Å². The quantitative estimate of drug-likeness (QED) is 0.375. The van der Waals surface area contributed by atoms with E-state index in [1.54, 1.807) is 24.3 Å². The predicted molar refractivity (Wildman–Crippen MR) is 94.3 cm³/mol. The molecular weight excluding hydrogens is 378 g/mol. The molecule has 2 aliphatic rings. The van der Waals surface area contributed by atoms with E-state index in [0.29, 0.717) is 16.5 Å². The Morgan fingerprint density at radius 2 is 1.81 bits per heavy atom. The van der Waals surface area contributed by atoms with Crippen LogP contribution in [0, 0.1) is 10.1 Å². The van der Waals surface area contributed by atoms with Crippen LogP contribution in [0.4, 0.5) is 11.4 Å². The molecule has 27 heavy (non-hydrogen) atoms. The minimum atomic E-state index is -0.679. The molecule has 0 aromatic heterocycles. The van der Waals surface area contributed by atoms with Gasteiger partial charge in [0.1, 0.15) is 5.57 Å². The molecule has 0 spiro atoms. The van der Waals surface area contributed by atoms with Gasteiger partial charge < -0.3 is 9.47 Å². The summed E-state index contributed by atoms with van der Waals surface area (Å²) in [7, 11) is 0. The fourth-order valence-corrected chi connectivity index (χ4v) is 2.83. The molecule has 1 N–H and O–H groups in total. The Labute approximate surface area is 156 Å². The summed E-state index contributed by atoms with van der Waals surface area (Å²) in [5.74, 6) is -0.794. The average Bonchev–Trinajstić information content (AvgIpc) is 3.20. The van der Waals surface area contributed by atoms with Gasteiger partial charge in [0.05, 0.1) is 22.2 Å². The lowest BCUT2D eigenvalue weighted by atomic mass is 10.1. The number of fused-ring (bicyclic) bond motifs is 1. The minimum absolute atomic E-state index is 0.0562. The van der Waals surface area contributed by atoms with Crippen molar-refractivity contribution in [2.75, 3.05) is 11.8 Å². The van der Waals surface area contributed by atoms with Crippen LogP contribution in [0.1, 0.15) is 5.56 Å². The molecule has 136 valence electrons. The molecule has 4 rings (SSSR count). The topological polar surface area (TPSA) is 111 Å². The molecule has 2 amide bonds. The molecule has 0 aliphatic carbocycles. The number of hydrogen-bond donors (Lipinski definition) is 1. The van der Waals surface area contributed by atoms with Crippen LogP contribution in [0.2, 0.25) is 5.02 Å². The number of hydrazine groups is 1. The summed E-state index contributed by atoms with van der Waals surface area (Å²) < 4.78 is 10.3. The normalized spacial score (nSPS) is 16.8. The number of ether oxygens (including phenoxy) is 2. The highest BCUT2D eigenvalue weighted by atomic mass is 35.5. The van der Waals surface area contributed by atoms with Crippen molar-refractivity contribution in [1.29, 1.82) is 0 Å². The number of carbonyl (C=O) groups excluding carboxylic acids is 2. The van der Waals surface area contributed by atoms with Crippen LogP contribution in [0.15, 0.2) is 42.0 Å². The Morgan fingerprint density at radius 1 is 1.15 bits per heavy atom. The molecule has 2 aliphatic heterocycles. The lowest BCUT2D eigenvalue weighted by Crippen LogP contribution is -2.35. The smallest absolute Gasteiger partial charge is 0.282 e. The van der Waals surface area contributed by atoms with E-state index in [4.69, 9.17) is 21.1 Å². The summed E-state index contributed by atoms with van der Waals surface area (Å²) in [5.41, 5.74) is 2.33. The standard InChI is InChI=1S/C17H10ClN3O6/c18-10-1-3-11(4-2-10)20-17(23)12(16(22)19-20)5-9-6-14-15(27-8-26-14)7-13(9)21(24)25/h1-7H,8H2,(H,19,22). The lowest BCUT2D eigenvalue weighted by molar-refractivity contribution is -0.385. The lowest BCUT2D eigenvalue weighted by Gasteiger charge is -2.14. The molecular formula is C17H10ClN3O6. The molecule has 10 heteroatoms. The number of benzene rings is 2. The molecule has 1 fully saturated rings. The van der Waals surface area contributed by atoms with Gasteiger partial charge >= 0.3 is 0 Å². The first-order valence-corrected chi connectivity index (χ1v) is 8.02. The molecule has 9 nitrogen and oxygen atoms in total. The largest absolute Gasteiger partial charge is 0.454 e. The zero-order valence-electron chi connectivity index (χ0n) is 13.5. The van der Waals surface area contributed by atoms with Crippen molar-refractivity contribution in [3.05, 3.63) is 62.7 Å². The summed E-state index contributed by atoms with van der Waals surface area (Å²) in [6.45, 7) is -0.0593. The first-order chi connectivity index (χ1) is 12.9. The third kappa shape index (κ3) is 2.93. The van der Waals surface area contributed by atoms with Gasteiger partial charge in [-0.1, -0.05) is 11.6 Å². The highest BCUT2D eigenvalue weighted by molar-refractivity contribution is 6.32. The van der Waals surface area contributed by atoms with Gasteiger partial charge in [0, 0.05) is 5.02 Å². The van der Waals surface area contributed by atoms with Gasteiger partial charge in [0.15, 0.2) is 11.5 Å².